The number of aliphatic hydroxyl groups excluding tert-OH is 1. The molecule has 3 rings (SSSR count). The van der Waals surface area contributed by atoms with Crippen molar-refractivity contribution in [2.24, 2.45) is 0 Å². The summed E-state index contributed by atoms with van der Waals surface area (Å²) in [6.45, 7) is 2.74. The number of hydrogen-bond donors (Lipinski definition) is 2. The molecule has 1 aliphatic heterocycles. The van der Waals surface area contributed by atoms with Gasteiger partial charge in [-0.2, -0.15) is 5.10 Å². The summed E-state index contributed by atoms with van der Waals surface area (Å²) in [6.07, 6.45) is 2.13. The van der Waals surface area contributed by atoms with Gasteiger partial charge in [-0.3, -0.25) is 0 Å². The fraction of sp³-hybridized carbons (Fsp3) is 0.500. The molecule has 2 atom stereocenters. The summed E-state index contributed by atoms with van der Waals surface area (Å²) in [5.74, 6) is 0.470. The molecule has 0 spiro atoms. The second-order valence-electron chi connectivity index (χ2n) is 5.04. The summed E-state index contributed by atoms with van der Waals surface area (Å²) < 4.78 is 7.39. The third-order valence-electron chi connectivity index (χ3n) is 3.62. The standard InChI is InChI=1S/C12H16N4O2/c1-12(4-8(5-17)18-6-12)10-3-2-9-11(13)14-7-15-16(9)10/h2-3,7-8,17H,4-6H2,1H3,(H2,13,14,15). The fourth-order valence-electron chi connectivity index (χ4n) is 2.63. The Balaban J connectivity index is 2.07. The number of ether oxygens (including phenoxy) is 1. The maximum absolute atomic E-state index is 9.18. The minimum absolute atomic E-state index is 0.0516. The van der Waals surface area contributed by atoms with Gasteiger partial charge in [-0.25, -0.2) is 9.50 Å². The first-order valence-electron chi connectivity index (χ1n) is 5.95. The first-order valence-corrected chi connectivity index (χ1v) is 5.95. The molecular weight excluding hydrogens is 232 g/mol. The maximum atomic E-state index is 9.18. The summed E-state index contributed by atoms with van der Waals surface area (Å²) in [6, 6.07) is 3.92. The van der Waals surface area contributed by atoms with Gasteiger partial charge in [-0.15, -0.1) is 0 Å². The van der Waals surface area contributed by atoms with Gasteiger partial charge in [-0.1, -0.05) is 6.92 Å². The first-order chi connectivity index (χ1) is 8.64. The molecule has 3 N–H and O–H groups in total. The Morgan fingerprint density at radius 1 is 1.61 bits per heavy atom. The lowest BCUT2D eigenvalue weighted by molar-refractivity contribution is 0.0564. The number of aliphatic hydroxyl groups is 1. The van der Waals surface area contributed by atoms with Crippen LogP contribution in [0.2, 0.25) is 0 Å². The molecule has 6 heteroatoms. The Morgan fingerprint density at radius 2 is 2.44 bits per heavy atom. The Bertz CT molecular complexity index is 582. The predicted octanol–water partition coefficient (Wildman–Crippen LogP) is 0.350. The molecule has 2 unspecified atom stereocenters. The number of hydrogen-bond acceptors (Lipinski definition) is 5. The van der Waals surface area contributed by atoms with Crippen molar-refractivity contribution in [2.75, 3.05) is 18.9 Å². The quantitative estimate of drug-likeness (QED) is 0.801. The van der Waals surface area contributed by atoms with E-state index in [-0.39, 0.29) is 18.1 Å². The van der Waals surface area contributed by atoms with Crippen LogP contribution in [0, 0.1) is 0 Å². The van der Waals surface area contributed by atoms with Crippen LogP contribution < -0.4 is 5.73 Å². The first kappa shape index (κ1) is 11.4. The van der Waals surface area contributed by atoms with Gasteiger partial charge in [0, 0.05) is 5.41 Å². The van der Waals surface area contributed by atoms with Crippen LogP contribution in [0.4, 0.5) is 5.82 Å². The highest BCUT2D eigenvalue weighted by atomic mass is 16.5. The van der Waals surface area contributed by atoms with Crippen molar-refractivity contribution >= 4 is 11.3 Å². The van der Waals surface area contributed by atoms with E-state index in [4.69, 9.17) is 10.5 Å². The summed E-state index contributed by atoms with van der Waals surface area (Å²) in [5, 5.41) is 13.4. The number of nitrogens with two attached hydrogens (primary N) is 1. The van der Waals surface area contributed by atoms with Gasteiger partial charge < -0.3 is 15.6 Å². The molecule has 0 amide bonds. The zero-order valence-electron chi connectivity index (χ0n) is 10.2. The lowest BCUT2D eigenvalue weighted by Gasteiger charge is -2.21. The predicted molar refractivity (Wildman–Crippen MR) is 66.2 cm³/mol. The van der Waals surface area contributed by atoms with Gasteiger partial charge in [-0.05, 0) is 18.6 Å². The molecule has 0 saturated carbocycles. The lowest BCUT2D eigenvalue weighted by atomic mass is 9.84. The average molecular weight is 248 g/mol. The number of fused-ring (bicyclic) bond motifs is 1. The van der Waals surface area contributed by atoms with Crippen molar-refractivity contribution in [3.63, 3.8) is 0 Å². The molecule has 0 aromatic carbocycles. The van der Waals surface area contributed by atoms with Crippen LogP contribution >= 0.6 is 0 Å². The molecule has 1 aliphatic rings. The number of rotatable bonds is 2. The van der Waals surface area contributed by atoms with Gasteiger partial charge >= 0.3 is 0 Å². The van der Waals surface area contributed by atoms with Crippen LogP contribution in [0.5, 0.6) is 0 Å². The molecule has 6 nitrogen and oxygen atoms in total. The summed E-state index contributed by atoms with van der Waals surface area (Å²) in [7, 11) is 0. The smallest absolute Gasteiger partial charge is 0.151 e. The summed E-state index contributed by atoms with van der Waals surface area (Å²) in [4.78, 5) is 3.98. The monoisotopic (exact) mass is 248 g/mol. The highest BCUT2D eigenvalue weighted by Gasteiger charge is 2.39. The highest BCUT2D eigenvalue weighted by molar-refractivity contribution is 5.65. The number of nitrogen functional groups attached to an aromatic ring is 1. The van der Waals surface area contributed by atoms with E-state index in [1.54, 1.807) is 0 Å². The van der Waals surface area contributed by atoms with Crippen molar-refractivity contribution < 1.29 is 9.84 Å². The van der Waals surface area contributed by atoms with Gasteiger partial charge in [0.05, 0.1) is 25.0 Å². The fourth-order valence-corrected chi connectivity index (χ4v) is 2.63. The van der Waals surface area contributed by atoms with E-state index < -0.39 is 0 Å². The van der Waals surface area contributed by atoms with Crippen molar-refractivity contribution in [1.82, 2.24) is 14.6 Å². The SMILES string of the molecule is CC1(c2ccc3c(N)ncnn23)COC(CO)C1. The van der Waals surface area contributed by atoms with Crippen molar-refractivity contribution in [3.05, 3.63) is 24.2 Å². The molecule has 1 saturated heterocycles. The summed E-state index contributed by atoms with van der Waals surface area (Å²) in [5.41, 5.74) is 7.52. The molecule has 3 heterocycles. The van der Waals surface area contributed by atoms with Gasteiger partial charge in [0.15, 0.2) is 5.82 Å². The van der Waals surface area contributed by atoms with Crippen LogP contribution in [0.3, 0.4) is 0 Å². The van der Waals surface area contributed by atoms with Crippen LogP contribution in [0.1, 0.15) is 19.0 Å². The Labute approximate surface area is 104 Å². The average Bonchev–Trinajstić information content (AvgIpc) is 2.94. The molecular formula is C12H16N4O2. The van der Waals surface area contributed by atoms with Gasteiger partial charge in [0.1, 0.15) is 11.8 Å². The van der Waals surface area contributed by atoms with E-state index in [0.717, 1.165) is 17.6 Å². The maximum Gasteiger partial charge on any atom is 0.151 e. The topological polar surface area (TPSA) is 85.7 Å². The normalized spacial score (nSPS) is 28.0. The molecule has 96 valence electrons. The Hall–Kier alpha value is -1.66. The molecule has 2 aromatic heterocycles. The number of anilines is 1. The van der Waals surface area contributed by atoms with Crippen LogP contribution in [0.15, 0.2) is 18.5 Å². The van der Waals surface area contributed by atoms with Gasteiger partial charge in [0.25, 0.3) is 0 Å². The minimum atomic E-state index is -0.152. The zero-order chi connectivity index (χ0) is 12.8. The molecule has 0 bridgehead atoms. The molecule has 0 aliphatic carbocycles. The van der Waals surface area contributed by atoms with E-state index in [1.165, 1.54) is 6.33 Å². The number of nitrogens with zero attached hydrogens (tertiary/aromatic N) is 3. The van der Waals surface area contributed by atoms with Crippen molar-refractivity contribution in [3.8, 4) is 0 Å². The third-order valence-corrected chi connectivity index (χ3v) is 3.62. The van der Waals surface area contributed by atoms with Gasteiger partial charge in [0.2, 0.25) is 0 Å². The number of aromatic nitrogens is 3. The Morgan fingerprint density at radius 3 is 3.17 bits per heavy atom. The molecule has 2 aromatic rings. The van der Waals surface area contributed by atoms with Crippen LogP contribution in [0.25, 0.3) is 5.52 Å². The molecule has 18 heavy (non-hydrogen) atoms. The Kier molecular flexibility index (Phi) is 2.49. The second kappa shape index (κ2) is 3.93. The van der Waals surface area contributed by atoms with E-state index in [2.05, 4.69) is 17.0 Å². The van der Waals surface area contributed by atoms with Crippen LogP contribution in [-0.4, -0.2) is 39.0 Å². The largest absolute Gasteiger partial charge is 0.394 e. The third kappa shape index (κ3) is 1.57. The van der Waals surface area contributed by atoms with Crippen LogP contribution in [-0.2, 0) is 10.2 Å². The zero-order valence-corrected chi connectivity index (χ0v) is 10.2. The minimum Gasteiger partial charge on any atom is -0.394 e. The molecule has 0 radical (unpaired) electrons. The van der Waals surface area contributed by atoms with Crippen molar-refractivity contribution in [1.29, 1.82) is 0 Å². The second-order valence-corrected chi connectivity index (χ2v) is 5.04. The van der Waals surface area contributed by atoms with E-state index >= 15 is 0 Å². The van der Waals surface area contributed by atoms with E-state index in [1.807, 2.05) is 16.6 Å². The lowest BCUT2D eigenvalue weighted by Crippen LogP contribution is -2.25. The summed E-state index contributed by atoms with van der Waals surface area (Å²) >= 11 is 0. The van der Waals surface area contributed by atoms with E-state index in [0.29, 0.717) is 12.4 Å². The molecule has 1 fully saturated rings. The highest BCUT2D eigenvalue weighted by Crippen LogP contribution is 2.36. The van der Waals surface area contributed by atoms with Crippen molar-refractivity contribution in [2.45, 2.75) is 24.9 Å². The van der Waals surface area contributed by atoms with E-state index in [9.17, 15) is 5.11 Å².